The number of benzene rings is 1. The first kappa shape index (κ1) is 12.9. The summed E-state index contributed by atoms with van der Waals surface area (Å²) in [6.45, 7) is 6.71. The molecule has 1 N–H and O–H groups in total. The fraction of sp³-hybridized carbons (Fsp3) is 0.500. The van der Waals surface area contributed by atoms with Gasteiger partial charge in [-0.3, -0.25) is 0 Å². The molecule has 0 saturated heterocycles. The van der Waals surface area contributed by atoms with Gasteiger partial charge >= 0.3 is 0 Å². The standard InChI is InChI=1S/C12H18INO/c1-10(2)15-8-7-14-9-11-3-5-12(13)6-4-11/h3-6,10,14H,7-9H2,1-2H3. The van der Waals surface area contributed by atoms with Gasteiger partial charge < -0.3 is 10.1 Å². The average Bonchev–Trinajstić information content (AvgIpc) is 2.20. The Morgan fingerprint density at radius 2 is 1.93 bits per heavy atom. The normalized spacial score (nSPS) is 10.9. The molecule has 0 saturated carbocycles. The topological polar surface area (TPSA) is 21.3 Å². The van der Waals surface area contributed by atoms with Crippen molar-refractivity contribution in [3.63, 3.8) is 0 Å². The highest BCUT2D eigenvalue weighted by molar-refractivity contribution is 14.1. The van der Waals surface area contributed by atoms with Crippen molar-refractivity contribution >= 4 is 22.6 Å². The molecule has 2 nitrogen and oxygen atoms in total. The Morgan fingerprint density at radius 3 is 2.53 bits per heavy atom. The van der Waals surface area contributed by atoms with Crippen molar-refractivity contribution < 1.29 is 4.74 Å². The number of rotatable bonds is 6. The van der Waals surface area contributed by atoms with Crippen LogP contribution in [0, 0.1) is 3.57 Å². The second-order valence-electron chi connectivity index (χ2n) is 3.72. The van der Waals surface area contributed by atoms with Crippen LogP contribution in [0.3, 0.4) is 0 Å². The van der Waals surface area contributed by atoms with Gasteiger partial charge in [0.2, 0.25) is 0 Å². The molecule has 1 aromatic carbocycles. The summed E-state index contributed by atoms with van der Waals surface area (Å²) < 4.78 is 6.71. The summed E-state index contributed by atoms with van der Waals surface area (Å²) in [5, 5.41) is 3.35. The number of hydrogen-bond acceptors (Lipinski definition) is 2. The van der Waals surface area contributed by atoms with Crippen LogP contribution in [-0.2, 0) is 11.3 Å². The highest BCUT2D eigenvalue weighted by Gasteiger charge is 1.94. The minimum absolute atomic E-state index is 0.324. The molecule has 84 valence electrons. The van der Waals surface area contributed by atoms with Crippen molar-refractivity contribution in [2.75, 3.05) is 13.2 Å². The second kappa shape index (κ2) is 7.19. The van der Waals surface area contributed by atoms with Gasteiger partial charge in [0.25, 0.3) is 0 Å². The molecule has 0 unspecified atom stereocenters. The zero-order valence-corrected chi connectivity index (χ0v) is 11.5. The van der Waals surface area contributed by atoms with E-state index in [0.29, 0.717) is 6.10 Å². The van der Waals surface area contributed by atoms with Gasteiger partial charge in [-0.2, -0.15) is 0 Å². The molecule has 0 bridgehead atoms. The summed E-state index contributed by atoms with van der Waals surface area (Å²) in [5.41, 5.74) is 1.32. The first-order chi connectivity index (χ1) is 7.18. The van der Waals surface area contributed by atoms with E-state index in [9.17, 15) is 0 Å². The van der Waals surface area contributed by atoms with Gasteiger partial charge in [0, 0.05) is 16.7 Å². The van der Waals surface area contributed by atoms with E-state index in [4.69, 9.17) is 4.74 Å². The largest absolute Gasteiger partial charge is 0.377 e. The summed E-state index contributed by atoms with van der Waals surface area (Å²) >= 11 is 2.31. The van der Waals surface area contributed by atoms with E-state index >= 15 is 0 Å². The van der Waals surface area contributed by atoms with Crippen molar-refractivity contribution in [2.45, 2.75) is 26.5 Å². The smallest absolute Gasteiger partial charge is 0.0594 e. The summed E-state index contributed by atoms with van der Waals surface area (Å²) in [6, 6.07) is 8.56. The van der Waals surface area contributed by atoms with Crippen LogP contribution in [0.1, 0.15) is 19.4 Å². The molecule has 0 amide bonds. The van der Waals surface area contributed by atoms with Gasteiger partial charge in [0.1, 0.15) is 0 Å². The van der Waals surface area contributed by atoms with E-state index in [-0.39, 0.29) is 0 Å². The Labute approximate surface area is 106 Å². The third kappa shape index (κ3) is 6.12. The van der Waals surface area contributed by atoms with E-state index < -0.39 is 0 Å². The lowest BCUT2D eigenvalue weighted by molar-refractivity contribution is 0.0807. The molecular formula is C12H18INO. The van der Waals surface area contributed by atoms with Crippen LogP contribution in [0.25, 0.3) is 0 Å². The van der Waals surface area contributed by atoms with Gasteiger partial charge in [-0.25, -0.2) is 0 Å². The zero-order chi connectivity index (χ0) is 11.1. The van der Waals surface area contributed by atoms with Crippen molar-refractivity contribution in [3.05, 3.63) is 33.4 Å². The minimum Gasteiger partial charge on any atom is -0.377 e. The molecular weight excluding hydrogens is 301 g/mol. The monoisotopic (exact) mass is 319 g/mol. The van der Waals surface area contributed by atoms with Crippen LogP contribution in [0.15, 0.2) is 24.3 Å². The highest BCUT2D eigenvalue weighted by atomic mass is 127. The quantitative estimate of drug-likeness (QED) is 0.643. The van der Waals surface area contributed by atoms with E-state index in [1.54, 1.807) is 0 Å². The number of halogens is 1. The molecule has 15 heavy (non-hydrogen) atoms. The molecule has 0 aliphatic heterocycles. The summed E-state index contributed by atoms with van der Waals surface area (Å²) in [7, 11) is 0. The van der Waals surface area contributed by atoms with Crippen LogP contribution < -0.4 is 5.32 Å². The SMILES string of the molecule is CC(C)OCCNCc1ccc(I)cc1. The number of hydrogen-bond donors (Lipinski definition) is 1. The van der Waals surface area contributed by atoms with E-state index in [0.717, 1.165) is 19.7 Å². The maximum Gasteiger partial charge on any atom is 0.0594 e. The van der Waals surface area contributed by atoms with Gasteiger partial charge in [0.05, 0.1) is 12.7 Å². The Morgan fingerprint density at radius 1 is 1.27 bits per heavy atom. The Balaban J connectivity index is 2.12. The molecule has 0 aliphatic carbocycles. The predicted molar refractivity (Wildman–Crippen MR) is 72.0 cm³/mol. The maximum atomic E-state index is 5.44. The van der Waals surface area contributed by atoms with E-state index in [1.165, 1.54) is 9.13 Å². The molecule has 0 aliphatic rings. The third-order valence-electron chi connectivity index (χ3n) is 1.97. The van der Waals surface area contributed by atoms with Crippen LogP contribution in [0.4, 0.5) is 0 Å². The van der Waals surface area contributed by atoms with Crippen LogP contribution in [-0.4, -0.2) is 19.3 Å². The molecule has 0 radical (unpaired) electrons. The average molecular weight is 319 g/mol. The van der Waals surface area contributed by atoms with Crippen LogP contribution in [0.5, 0.6) is 0 Å². The first-order valence-corrected chi connectivity index (χ1v) is 6.33. The van der Waals surface area contributed by atoms with Crippen molar-refractivity contribution in [1.29, 1.82) is 0 Å². The molecule has 0 heterocycles. The van der Waals surface area contributed by atoms with Gasteiger partial charge in [0.15, 0.2) is 0 Å². The van der Waals surface area contributed by atoms with Gasteiger partial charge in [-0.05, 0) is 54.1 Å². The lowest BCUT2D eigenvalue weighted by Gasteiger charge is -2.08. The highest BCUT2D eigenvalue weighted by Crippen LogP contribution is 2.06. The van der Waals surface area contributed by atoms with Crippen molar-refractivity contribution in [1.82, 2.24) is 5.32 Å². The van der Waals surface area contributed by atoms with Crippen molar-refractivity contribution in [2.24, 2.45) is 0 Å². The molecule has 0 atom stereocenters. The maximum absolute atomic E-state index is 5.44. The summed E-state index contributed by atoms with van der Waals surface area (Å²) in [4.78, 5) is 0. The van der Waals surface area contributed by atoms with Gasteiger partial charge in [-0.1, -0.05) is 12.1 Å². The van der Waals surface area contributed by atoms with E-state index in [2.05, 4.69) is 66.0 Å². The van der Waals surface area contributed by atoms with Gasteiger partial charge in [-0.15, -0.1) is 0 Å². The minimum atomic E-state index is 0.324. The van der Waals surface area contributed by atoms with Crippen LogP contribution >= 0.6 is 22.6 Å². The summed E-state index contributed by atoms with van der Waals surface area (Å²) in [5.74, 6) is 0. The second-order valence-corrected chi connectivity index (χ2v) is 4.97. The summed E-state index contributed by atoms with van der Waals surface area (Å²) in [6.07, 6.45) is 0.324. The Hall–Kier alpha value is -0.130. The number of nitrogens with one attached hydrogen (secondary N) is 1. The Kier molecular flexibility index (Phi) is 6.20. The van der Waals surface area contributed by atoms with Crippen molar-refractivity contribution in [3.8, 4) is 0 Å². The predicted octanol–water partition coefficient (Wildman–Crippen LogP) is 2.81. The zero-order valence-electron chi connectivity index (χ0n) is 9.29. The number of ether oxygens (including phenoxy) is 1. The fourth-order valence-electron chi connectivity index (χ4n) is 1.20. The molecule has 0 spiro atoms. The molecule has 1 rings (SSSR count). The molecule has 3 heteroatoms. The molecule has 0 fully saturated rings. The van der Waals surface area contributed by atoms with E-state index in [1.807, 2.05) is 0 Å². The van der Waals surface area contributed by atoms with Crippen LogP contribution in [0.2, 0.25) is 0 Å². The molecule has 0 aromatic heterocycles. The lowest BCUT2D eigenvalue weighted by atomic mass is 10.2. The third-order valence-corrected chi connectivity index (χ3v) is 2.69. The first-order valence-electron chi connectivity index (χ1n) is 5.25. The molecule has 1 aromatic rings. The fourth-order valence-corrected chi connectivity index (χ4v) is 1.56. The Bertz CT molecular complexity index is 271. The lowest BCUT2D eigenvalue weighted by Crippen LogP contribution is -2.20.